The molecule has 0 bridgehead atoms. The minimum absolute atomic E-state index is 0.00153. The van der Waals surface area contributed by atoms with Gasteiger partial charge in [0.2, 0.25) is 0 Å². The van der Waals surface area contributed by atoms with Crippen LogP contribution in [0.25, 0.3) is 0 Å². The van der Waals surface area contributed by atoms with Crippen molar-refractivity contribution < 1.29 is 26.4 Å². The van der Waals surface area contributed by atoms with Crippen LogP contribution >= 0.6 is 0 Å². The van der Waals surface area contributed by atoms with Crippen molar-refractivity contribution in [3.63, 3.8) is 0 Å². The SMILES string of the molecule is CCS(=O)(=O)CCn1ccc(NC(=O)N2CCC(C(F)(F)F)C2(C)C)n1. The van der Waals surface area contributed by atoms with Gasteiger partial charge in [0, 0.05) is 24.6 Å². The molecular formula is C15H23F3N4O3S. The zero-order valence-electron chi connectivity index (χ0n) is 14.9. The first-order chi connectivity index (χ1) is 11.9. The van der Waals surface area contributed by atoms with E-state index < -0.39 is 33.5 Å². The zero-order chi connectivity index (χ0) is 19.8. The Labute approximate surface area is 150 Å². The van der Waals surface area contributed by atoms with Crippen LogP contribution in [0.5, 0.6) is 0 Å². The number of halogens is 3. The van der Waals surface area contributed by atoms with Gasteiger partial charge in [-0.25, -0.2) is 13.2 Å². The van der Waals surface area contributed by atoms with Gasteiger partial charge in [0.05, 0.1) is 23.8 Å². The number of urea groups is 1. The third-order valence-corrected chi connectivity index (χ3v) is 6.46. The smallest absolute Gasteiger partial charge is 0.319 e. The summed E-state index contributed by atoms with van der Waals surface area (Å²) in [5.41, 5.74) is -1.36. The van der Waals surface area contributed by atoms with Crippen molar-refractivity contribution in [2.45, 2.75) is 45.5 Å². The number of likely N-dealkylation sites (tertiary alicyclic amines) is 1. The van der Waals surface area contributed by atoms with Crippen molar-refractivity contribution in [3.05, 3.63) is 12.3 Å². The number of carbonyl (C=O) groups excluding carboxylic acids is 1. The average Bonchev–Trinajstić information content (AvgIpc) is 3.08. The lowest BCUT2D eigenvalue weighted by Crippen LogP contribution is -2.51. The molecule has 1 fully saturated rings. The second kappa shape index (κ2) is 7.09. The van der Waals surface area contributed by atoms with Crippen molar-refractivity contribution in [1.29, 1.82) is 0 Å². The highest BCUT2D eigenvalue weighted by atomic mass is 32.2. The van der Waals surface area contributed by atoms with E-state index in [1.165, 1.54) is 30.8 Å². The molecule has 26 heavy (non-hydrogen) atoms. The Hall–Kier alpha value is -1.78. The molecule has 1 aliphatic heterocycles. The summed E-state index contributed by atoms with van der Waals surface area (Å²) in [6.45, 7) is 4.48. The highest BCUT2D eigenvalue weighted by molar-refractivity contribution is 7.91. The van der Waals surface area contributed by atoms with Crippen molar-refractivity contribution in [2.75, 3.05) is 23.4 Å². The molecule has 148 valence electrons. The van der Waals surface area contributed by atoms with E-state index >= 15 is 0 Å². The van der Waals surface area contributed by atoms with Gasteiger partial charge in [-0.3, -0.25) is 10.00 Å². The normalized spacial score (nSPS) is 20.4. The molecule has 0 spiro atoms. The third-order valence-electron chi connectivity index (χ3n) is 4.78. The quantitative estimate of drug-likeness (QED) is 0.829. The van der Waals surface area contributed by atoms with Crippen LogP contribution in [0.15, 0.2) is 12.3 Å². The van der Waals surface area contributed by atoms with Crippen molar-refractivity contribution in [2.24, 2.45) is 5.92 Å². The van der Waals surface area contributed by atoms with Gasteiger partial charge in [-0.2, -0.15) is 18.3 Å². The maximum Gasteiger partial charge on any atom is 0.394 e. The lowest BCUT2D eigenvalue weighted by Gasteiger charge is -2.36. The summed E-state index contributed by atoms with van der Waals surface area (Å²) in [5, 5.41) is 6.53. The molecule has 1 aromatic heterocycles. The van der Waals surface area contributed by atoms with E-state index in [2.05, 4.69) is 10.4 Å². The highest BCUT2D eigenvalue weighted by Crippen LogP contribution is 2.44. The van der Waals surface area contributed by atoms with Crippen molar-refractivity contribution >= 4 is 21.7 Å². The molecule has 11 heteroatoms. The Morgan fingerprint density at radius 2 is 2.08 bits per heavy atom. The van der Waals surface area contributed by atoms with E-state index in [1.807, 2.05) is 0 Å². The second-order valence-electron chi connectivity index (χ2n) is 6.82. The summed E-state index contributed by atoms with van der Waals surface area (Å²) >= 11 is 0. The van der Waals surface area contributed by atoms with Gasteiger partial charge in [-0.15, -0.1) is 0 Å². The molecule has 7 nitrogen and oxygen atoms in total. The standard InChI is InChI=1S/C15H23F3N4O3S/c1-4-26(24,25)10-9-21-7-6-12(20-21)19-13(23)22-8-5-11(14(22,2)3)15(16,17)18/h6-7,11H,4-5,8-10H2,1-3H3,(H,19,20,23). The fourth-order valence-corrected chi connectivity index (χ4v) is 3.88. The van der Waals surface area contributed by atoms with Gasteiger partial charge >= 0.3 is 12.2 Å². The molecule has 2 heterocycles. The molecule has 0 aliphatic carbocycles. The lowest BCUT2D eigenvalue weighted by atomic mass is 9.88. The van der Waals surface area contributed by atoms with Crippen LogP contribution in [0.3, 0.4) is 0 Å². The van der Waals surface area contributed by atoms with E-state index in [0.29, 0.717) is 0 Å². The number of hydrogen-bond donors (Lipinski definition) is 1. The number of aryl methyl sites for hydroxylation is 1. The molecule has 0 radical (unpaired) electrons. The highest BCUT2D eigenvalue weighted by Gasteiger charge is 2.56. The Morgan fingerprint density at radius 1 is 1.42 bits per heavy atom. The number of hydrogen-bond acceptors (Lipinski definition) is 4. The summed E-state index contributed by atoms with van der Waals surface area (Å²) < 4.78 is 63.7. The van der Waals surface area contributed by atoms with Gasteiger partial charge in [0.25, 0.3) is 0 Å². The molecule has 1 aromatic rings. The van der Waals surface area contributed by atoms with Gasteiger partial charge in [0.1, 0.15) is 0 Å². The molecule has 1 saturated heterocycles. The lowest BCUT2D eigenvalue weighted by molar-refractivity contribution is -0.189. The largest absolute Gasteiger partial charge is 0.394 e. The first kappa shape index (κ1) is 20.5. The van der Waals surface area contributed by atoms with Crippen LogP contribution in [0.2, 0.25) is 0 Å². The monoisotopic (exact) mass is 396 g/mol. The van der Waals surface area contributed by atoms with Crippen LogP contribution in [-0.4, -0.2) is 58.9 Å². The molecule has 2 amide bonds. The van der Waals surface area contributed by atoms with Gasteiger partial charge < -0.3 is 4.90 Å². The average molecular weight is 396 g/mol. The van der Waals surface area contributed by atoms with Gasteiger partial charge in [-0.1, -0.05) is 6.92 Å². The summed E-state index contributed by atoms with van der Waals surface area (Å²) in [6, 6.07) is 0.814. The molecule has 0 saturated carbocycles. The number of amides is 2. The predicted molar refractivity (Wildman–Crippen MR) is 90.5 cm³/mol. The van der Waals surface area contributed by atoms with E-state index in [4.69, 9.17) is 0 Å². The van der Waals surface area contributed by atoms with Crippen LogP contribution < -0.4 is 5.32 Å². The van der Waals surface area contributed by atoms with Gasteiger partial charge in [0.15, 0.2) is 15.7 Å². The summed E-state index contributed by atoms with van der Waals surface area (Å²) in [6.07, 6.45) is -3.01. The maximum atomic E-state index is 13.1. The van der Waals surface area contributed by atoms with Crippen LogP contribution in [0.4, 0.5) is 23.8 Å². The fraction of sp³-hybridized carbons (Fsp3) is 0.733. The molecule has 1 aliphatic rings. The van der Waals surface area contributed by atoms with E-state index in [1.54, 1.807) is 6.92 Å². The molecule has 0 aromatic carbocycles. The molecule has 1 atom stereocenters. The van der Waals surface area contributed by atoms with E-state index in [0.717, 1.165) is 4.90 Å². The number of rotatable bonds is 5. The number of nitrogens with one attached hydrogen (secondary N) is 1. The predicted octanol–water partition coefficient (Wildman–Crippen LogP) is 2.51. The number of anilines is 1. The Kier molecular flexibility index (Phi) is 5.60. The van der Waals surface area contributed by atoms with E-state index in [-0.39, 0.29) is 36.8 Å². The number of alkyl halides is 3. The summed E-state index contributed by atoms with van der Waals surface area (Å²) in [7, 11) is -3.14. The van der Waals surface area contributed by atoms with E-state index in [9.17, 15) is 26.4 Å². The molecular weight excluding hydrogens is 373 g/mol. The number of sulfone groups is 1. The number of aromatic nitrogens is 2. The number of carbonyl (C=O) groups is 1. The summed E-state index contributed by atoms with van der Waals surface area (Å²) in [4.78, 5) is 13.5. The molecule has 1 unspecified atom stereocenters. The topological polar surface area (TPSA) is 84.3 Å². The van der Waals surface area contributed by atoms with Crippen LogP contribution in [0, 0.1) is 5.92 Å². The minimum atomic E-state index is -4.37. The third kappa shape index (κ3) is 4.49. The Morgan fingerprint density at radius 3 is 2.62 bits per heavy atom. The molecule has 2 rings (SSSR count). The maximum absolute atomic E-state index is 13.1. The molecule has 1 N–H and O–H groups in total. The Balaban J connectivity index is 2.01. The van der Waals surface area contributed by atoms with Gasteiger partial charge in [-0.05, 0) is 20.3 Å². The minimum Gasteiger partial charge on any atom is -0.319 e. The fourth-order valence-electron chi connectivity index (χ4n) is 3.12. The zero-order valence-corrected chi connectivity index (χ0v) is 15.7. The first-order valence-electron chi connectivity index (χ1n) is 8.26. The van der Waals surface area contributed by atoms with Crippen LogP contribution in [0.1, 0.15) is 27.2 Å². The Bertz CT molecular complexity index is 758. The second-order valence-corrected chi connectivity index (χ2v) is 9.29. The first-order valence-corrected chi connectivity index (χ1v) is 10.1. The van der Waals surface area contributed by atoms with Crippen LogP contribution in [-0.2, 0) is 16.4 Å². The number of nitrogens with zero attached hydrogens (tertiary/aromatic N) is 3. The van der Waals surface area contributed by atoms with Crippen molar-refractivity contribution in [1.82, 2.24) is 14.7 Å². The summed E-state index contributed by atoms with van der Waals surface area (Å²) in [5.74, 6) is -1.47. The van der Waals surface area contributed by atoms with Crippen molar-refractivity contribution in [3.8, 4) is 0 Å².